The fourth-order valence-corrected chi connectivity index (χ4v) is 2.58. The van der Waals surface area contributed by atoms with Crippen LogP contribution >= 0.6 is 11.6 Å². The monoisotopic (exact) mass is 298 g/mol. The molecule has 1 aliphatic rings. The van der Waals surface area contributed by atoms with E-state index in [0.717, 1.165) is 24.5 Å². The highest BCUT2D eigenvalue weighted by Crippen LogP contribution is 2.37. The average molecular weight is 299 g/mol. The van der Waals surface area contributed by atoms with Crippen LogP contribution in [0.5, 0.6) is 0 Å². The molecule has 0 spiro atoms. The molecular weight excluding hydrogens is 278 g/mol. The van der Waals surface area contributed by atoms with Crippen LogP contribution in [0.15, 0.2) is 58.2 Å². The fraction of sp³-hybridized carbons (Fsp3) is 0.412. The SMILES string of the molecule is C=C(C1=C(C)C=CC1CC)/C(Cl)=C\C(=C/C)C(C)(F)F. The van der Waals surface area contributed by atoms with Gasteiger partial charge in [0.2, 0.25) is 0 Å². The van der Waals surface area contributed by atoms with Crippen molar-refractivity contribution in [2.75, 3.05) is 0 Å². The van der Waals surface area contributed by atoms with E-state index in [2.05, 4.69) is 19.6 Å². The Morgan fingerprint density at radius 3 is 2.55 bits per heavy atom. The van der Waals surface area contributed by atoms with Crippen molar-refractivity contribution in [2.45, 2.75) is 40.0 Å². The summed E-state index contributed by atoms with van der Waals surface area (Å²) in [6.07, 6.45) is 7.76. The second-order valence-electron chi connectivity index (χ2n) is 5.07. The molecule has 0 nitrogen and oxygen atoms in total. The first-order chi connectivity index (χ1) is 9.22. The van der Waals surface area contributed by atoms with Gasteiger partial charge in [0.05, 0.1) is 0 Å². The Morgan fingerprint density at radius 2 is 2.10 bits per heavy atom. The van der Waals surface area contributed by atoms with Gasteiger partial charge in [-0.25, -0.2) is 8.78 Å². The molecule has 0 fully saturated rings. The van der Waals surface area contributed by atoms with E-state index in [1.807, 2.05) is 13.0 Å². The van der Waals surface area contributed by atoms with Crippen LogP contribution in [0.25, 0.3) is 0 Å². The number of hydrogen-bond acceptors (Lipinski definition) is 0. The summed E-state index contributed by atoms with van der Waals surface area (Å²) in [6, 6.07) is 0. The van der Waals surface area contributed by atoms with Gasteiger partial charge >= 0.3 is 0 Å². The number of halogens is 3. The van der Waals surface area contributed by atoms with Crippen molar-refractivity contribution in [2.24, 2.45) is 5.92 Å². The third-order valence-electron chi connectivity index (χ3n) is 3.53. The van der Waals surface area contributed by atoms with Gasteiger partial charge in [0.15, 0.2) is 0 Å². The largest absolute Gasteiger partial charge is 0.270 e. The smallest absolute Gasteiger partial charge is 0.202 e. The molecular formula is C17H21ClF2. The zero-order valence-corrected chi connectivity index (χ0v) is 13.2. The first-order valence-electron chi connectivity index (χ1n) is 6.72. The predicted octanol–water partition coefficient (Wildman–Crippen LogP) is 6.18. The lowest BCUT2D eigenvalue weighted by Crippen LogP contribution is -2.12. The highest BCUT2D eigenvalue weighted by atomic mass is 35.5. The molecule has 3 heteroatoms. The summed E-state index contributed by atoms with van der Waals surface area (Å²) in [5.41, 5.74) is 2.67. The Balaban J connectivity index is 3.07. The van der Waals surface area contributed by atoms with Crippen LogP contribution in [0.1, 0.15) is 34.1 Å². The maximum atomic E-state index is 13.4. The minimum atomic E-state index is -2.91. The van der Waals surface area contributed by atoms with Crippen LogP contribution in [0.4, 0.5) is 8.78 Å². The second-order valence-corrected chi connectivity index (χ2v) is 5.48. The maximum Gasteiger partial charge on any atom is 0.270 e. The Morgan fingerprint density at radius 1 is 1.50 bits per heavy atom. The molecule has 0 saturated heterocycles. The Labute approximate surface area is 125 Å². The molecule has 0 aliphatic heterocycles. The molecule has 0 amide bonds. The van der Waals surface area contributed by atoms with E-state index in [1.165, 1.54) is 12.2 Å². The molecule has 0 bridgehead atoms. The van der Waals surface area contributed by atoms with Gasteiger partial charge in [0, 0.05) is 23.4 Å². The minimum Gasteiger partial charge on any atom is -0.202 e. The average Bonchev–Trinajstić information content (AvgIpc) is 2.74. The van der Waals surface area contributed by atoms with Gasteiger partial charge in [-0.1, -0.05) is 43.3 Å². The molecule has 0 saturated carbocycles. The van der Waals surface area contributed by atoms with Gasteiger partial charge in [-0.05, 0) is 43.1 Å². The topological polar surface area (TPSA) is 0 Å². The van der Waals surface area contributed by atoms with Crippen molar-refractivity contribution < 1.29 is 8.78 Å². The third kappa shape index (κ3) is 3.69. The third-order valence-corrected chi connectivity index (χ3v) is 3.86. The van der Waals surface area contributed by atoms with Crippen LogP contribution in [-0.2, 0) is 0 Å². The molecule has 20 heavy (non-hydrogen) atoms. The van der Waals surface area contributed by atoms with E-state index in [4.69, 9.17) is 11.6 Å². The summed E-state index contributed by atoms with van der Waals surface area (Å²) < 4.78 is 26.8. The summed E-state index contributed by atoms with van der Waals surface area (Å²) >= 11 is 6.20. The highest BCUT2D eigenvalue weighted by Gasteiger charge is 2.27. The predicted molar refractivity (Wildman–Crippen MR) is 83.1 cm³/mol. The number of rotatable bonds is 5. The Kier molecular flexibility index (Phi) is 5.52. The van der Waals surface area contributed by atoms with Gasteiger partial charge in [0.1, 0.15) is 0 Å². The lowest BCUT2D eigenvalue weighted by Gasteiger charge is -2.17. The molecule has 1 atom stereocenters. The normalized spacial score (nSPS) is 20.9. The summed E-state index contributed by atoms with van der Waals surface area (Å²) in [6.45, 7) is 10.5. The number of hydrogen-bond donors (Lipinski definition) is 0. The highest BCUT2D eigenvalue weighted by molar-refractivity contribution is 6.32. The van der Waals surface area contributed by atoms with Crippen LogP contribution in [0.3, 0.4) is 0 Å². The molecule has 0 radical (unpaired) electrons. The van der Waals surface area contributed by atoms with E-state index in [-0.39, 0.29) is 16.5 Å². The van der Waals surface area contributed by atoms with E-state index in [1.54, 1.807) is 6.92 Å². The zero-order chi connectivity index (χ0) is 15.5. The fourth-order valence-electron chi connectivity index (χ4n) is 2.36. The molecule has 1 rings (SSSR count). The minimum absolute atomic E-state index is 0.0964. The van der Waals surface area contributed by atoms with E-state index < -0.39 is 5.92 Å². The molecule has 0 aromatic heterocycles. The first kappa shape index (κ1) is 16.9. The molecule has 0 aromatic carbocycles. The summed E-state index contributed by atoms with van der Waals surface area (Å²) in [5, 5.41) is 0.274. The number of allylic oxidation sites excluding steroid dienone is 9. The van der Waals surface area contributed by atoms with E-state index >= 15 is 0 Å². The summed E-state index contributed by atoms with van der Waals surface area (Å²) in [5.74, 6) is -2.64. The van der Waals surface area contributed by atoms with Gasteiger partial charge < -0.3 is 0 Å². The molecule has 1 aliphatic carbocycles. The Bertz CT molecular complexity index is 514. The van der Waals surface area contributed by atoms with Crippen molar-refractivity contribution in [1.82, 2.24) is 0 Å². The van der Waals surface area contributed by atoms with Crippen LogP contribution in [-0.4, -0.2) is 5.92 Å². The van der Waals surface area contributed by atoms with Crippen molar-refractivity contribution in [3.8, 4) is 0 Å². The van der Waals surface area contributed by atoms with Crippen LogP contribution < -0.4 is 0 Å². The van der Waals surface area contributed by atoms with Gasteiger partial charge in [-0.2, -0.15) is 0 Å². The zero-order valence-electron chi connectivity index (χ0n) is 12.4. The standard InChI is InChI=1S/C17H21ClF2/c1-6-13-9-8-11(3)16(13)12(4)15(18)10-14(7-2)17(5,19)20/h7-10,13H,4,6H2,1-3,5H3/b14-7+,15-10+. The molecule has 0 heterocycles. The van der Waals surface area contributed by atoms with Crippen molar-refractivity contribution in [3.05, 3.63) is 58.2 Å². The van der Waals surface area contributed by atoms with Crippen LogP contribution in [0, 0.1) is 5.92 Å². The van der Waals surface area contributed by atoms with Gasteiger partial charge in [0.25, 0.3) is 5.92 Å². The van der Waals surface area contributed by atoms with Crippen molar-refractivity contribution >= 4 is 11.6 Å². The lowest BCUT2D eigenvalue weighted by atomic mass is 9.91. The first-order valence-corrected chi connectivity index (χ1v) is 7.10. The molecule has 0 aromatic rings. The van der Waals surface area contributed by atoms with E-state index in [0.29, 0.717) is 5.57 Å². The quantitative estimate of drug-likeness (QED) is 0.532. The van der Waals surface area contributed by atoms with Gasteiger partial charge in [-0.3, -0.25) is 0 Å². The number of alkyl halides is 2. The second kappa shape index (κ2) is 6.53. The lowest BCUT2D eigenvalue weighted by molar-refractivity contribution is 0.0673. The van der Waals surface area contributed by atoms with E-state index in [9.17, 15) is 8.78 Å². The summed E-state index contributed by atoms with van der Waals surface area (Å²) in [7, 11) is 0. The van der Waals surface area contributed by atoms with Crippen molar-refractivity contribution in [1.29, 1.82) is 0 Å². The summed E-state index contributed by atoms with van der Waals surface area (Å²) in [4.78, 5) is 0. The Hall–Kier alpha value is -1.15. The molecule has 0 N–H and O–H groups in total. The molecule has 110 valence electrons. The van der Waals surface area contributed by atoms with Crippen molar-refractivity contribution in [3.63, 3.8) is 0 Å². The maximum absolute atomic E-state index is 13.4. The van der Waals surface area contributed by atoms with Gasteiger partial charge in [-0.15, -0.1) is 0 Å². The molecule has 1 unspecified atom stereocenters. The van der Waals surface area contributed by atoms with Crippen LogP contribution in [0.2, 0.25) is 0 Å².